The van der Waals surface area contributed by atoms with Gasteiger partial charge in [0, 0.05) is 39.3 Å². The van der Waals surface area contributed by atoms with E-state index < -0.39 is 0 Å². The van der Waals surface area contributed by atoms with Crippen LogP contribution in [0.15, 0.2) is 42.6 Å². The molecule has 0 atom stereocenters. The van der Waals surface area contributed by atoms with Crippen LogP contribution < -0.4 is 0 Å². The van der Waals surface area contributed by atoms with E-state index in [0.29, 0.717) is 5.56 Å². The average Bonchev–Trinajstić information content (AvgIpc) is 2.29. The summed E-state index contributed by atoms with van der Waals surface area (Å²) >= 11 is 0. The zero-order valence-corrected chi connectivity index (χ0v) is 13.5. The fourth-order valence-corrected chi connectivity index (χ4v) is 1.92. The van der Waals surface area contributed by atoms with Crippen LogP contribution in [-0.2, 0) is 32.7 Å². The Kier molecular flexibility index (Phi) is 5.49. The van der Waals surface area contributed by atoms with Gasteiger partial charge in [-0.2, -0.15) is 12.2 Å². The van der Waals surface area contributed by atoms with E-state index in [9.17, 15) is 4.39 Å². The second-order valence-electron chi connectivity index (χ2n) is 4.05. The van der Waals surface area contributed by atoms with Crippen LogP contribution in [-0.4, -0.2) is 11.4 Å². The molecule has 1 aliphatic rings. The number of benzene rings is 1. The minimum Gasteiger partial charge on any atom is -0.376 e. The zero-order valence-electron chi connectivity index (χ0n) is 10.7. The number of likely N-dealkylation sites (N-methyl/N-ethyl adjacent to an activating group) is 1. The van der Waals surface area contributed by atoms with Crippen molar-refractivity contribution in [2.75, 3.05) is 6.54 Å². The molecule has 18 heavy (non-hydrogen) atoms. The van der Waals surface area contributed by atoms with Gasteiger partial charge in [-0.25, -0.2) is 4.39 Å². The molecule has 91 valence electrons. The molecule has 0 saturated heterocycles. The molecule has 3 heteroatoms. The minimum absolute atomic E-state index is 0. The van der Waals surface area contributed by atoms with Gasteiger partial charge in [-0.05, 0) is 25.6 Å². The molecule has 0 aliphatic carbocycles. The molecule has 0 N–H and O–H groups in total. The zero-order chi connectivity index (χ0) is 12.4. The van der Waals surface area contributed by atoms with Crippen LogP contribution in [0.5, 0.6) is 0 Å². The maximum absolute atomic E-state index is 13.9. The third kappa shape index (κ3) is 2.99. The third-order valence-corrected chi connectivity index (χ3v) is 2.81. The fraction of sp³-hybridized carbons (Fsp3) is 0.200. The summed E-state index contributed by atoms with van der Waals surface area (Å²) in [7, 11) is 0. The number of allylic oxidation sites excluding steroid dienone is 3. The molecule has 1 aromatic rings. The molecule has 1 nitrogen and oxygen atoms in total. The van der Waals surface area contributed by atoms with Gasteiger partial charge in [0.05, 0.1) is 5.82 Å². The van der Waals surface area contributed by atoms with Gasteiger partial charge in [-0.1, -0.05) is 29.5 Å². The van der Waals surface area contributed by atoms with Gasteiger partial charge < -0.3 is 4.90 Å². The summed E-state index contributed by atoms with van der Waals surface area (Å²) in [6.45, 7) is 8.58. The van der Waals surface area contributed by atoms with Crippen molar-refractivity contribution in [1.29, 1.82) is 0 Å². The largest absolute Gasteiger partial charge is 0.376 e. The first-order valence-electron chi connectivity index (χ1n) is 5.66. The number of rotatable bonds is 2. The van der Waals surface area contributed by atoms with Crippen molar-refractivity contribution in [3.63, 3.8) is 0 Å². The molecule has 0 spiro atoms. The van der Waals surface area contributed by atoms with Crippen molar-refractivity contribution in [3.05, 3.63) is 65.6 Å². The van der Waals surface area contributed by atoms with Gasteiger partial charge in [0.2, 0.25) is 0 Å². The van der Waals surface area contributed by atoms with E-state index >= 15 is 0 Å². The van der Waals surface area contributed by atoms with Crippen LogP contribution in [0.4, 0.5) is 4.39 Å². The van der Waals surface area contributed by atoms with Gasteiger partial charge in [0.25, 0.3) is 0 Å². The van der Waals surface area contributed by atoms with Gasteiger partial charge in [0.15, 0.2) is 0 Å². The summed E-state index contributed by atoms with van der Waals surface area (Å²) in [6.07, 6.45) is 6.74. The van der Waals surface area contributed by atoms with Gasteiger partial charge in [-0.15, -0.1) is 12.1 Å². The summed E-state index contributed by atoms with van der Waals surface area (Å²) in [4.78, 5) is 1.95. The molecule has 0 bridgehead atoms. The van der Waals surface area contributed by atoms with E-state index in [4.69, 9.17) is 0 Å². The Morgan fingerprint density at radius 2 is 2.11 bits per heavy atom. The van der Waals surface area contributed by atoms with Crippen molar-refractivity contribution < 1.29 is 37.1 Å². The van der Waals surface area contributed by atoms with Crippen molar-refractivity contribution in [3.8, 4) is 0 Å². The van der Waals surface area contributed by atoms with E-state index in [2.05, 4.69) is 12.7 Å². The summed E-state index contributed by atoms with van der Waals surface area (Å²) in [5.74, 6) is -0.214. The van der Waals surface area contributed by atoms with E-state index in [0.717, 1.165) is 23.5 Å². The molecule has 2 rings (SSSR count). The second-order valence-corrected chi connectivity index (χ2v) is 4.05. The first kappa shape index (κ1) is 15.3. The Morgan fingerprint density at radius 3 is 2.72 bits per heavy atom. The van der Waals surface area contributed by atoms with Gasteiger partial charge >= 0.3 is 0 Å². The van der Waals surface area contributed by atoms with Crippen LogP contribution in [0, 0.1) is 18.8 Å². The fourth-order valence-electron chi connectivity index (χ4n) is 1.92. The Balaban J connectivity index is 0.00000162. The number of hydrogen-bond acceptors (Lipinski definition) is 1. The monoisotopic (exact) mass is 317 g/mol. The number of hydrogen-bond donors (Lipinski definition) is 0. The summed E-state index contributed by atoms with van der Waals surface area (Å²) < 4.78 is 13.9. The van der Waals surface area contributed by atoms with Crippen LogP contribution >= 0.6 is 0 Å². The van der Waals surface area contributed by atoms with Crippen molar-refractivity contribution in [2.24, 2.45) is 0 Å². The van der Waals surface area contributed by atoms with E-state index in [-0.39, 0.29) is 38.5 Å². The Morgan fingerprint density at radius 1 is 1.39 bits per heavy atom. The first-order chi connectivity index (χ1) is 8.13. The number of halogens is 1. The SMILES string of the molecule is C=C1C=C[C-]=C(c2ccc(C)cc2F)N1CC.[Y]. The first-order valence-corrected chi connectivity index (χ1v) is 5.66. The van der Waals surface area contributed by atoms with Crippen molar-refractivity contribution in [2.45, 2.75) is 13.8 Å². The maximum atomic E-state index is 13.9. The van der Waals surface area contributed by atoms with Crippen LogP contribution in [0.25, 0.3) is 5.70 Å². The Labute approximate surface area is 133 Å². The molecule has 1 heterocycles. The molecule has 0 amide bonds. The van der Waals surface area contributed by atoms with E-state index in [1.807, 2.05) is 30.9 Å². The van der Waals surface area contributed by atoms with Gasteiger partial charge in [-0.3, -0.25) is 0 Å². The number of aryl methyl sites for hydroxylation is 1. The topological polar surface area (TPSA) is 3.24 Å². The van der Waals surface area contributed by atoms with Crippen molar-refractivity contribution in [1.82, 2.24) is 4.90 Å². The predicted octanol–water partition coefficient (Wildman–Crippen LogP) is 3.68. The van der Waals surface area contributed by atoms with Gasteiger partial charge in [0.1, 0.15) is 0 Å². The quantitative estimate of drug-likeness (QED) is 0.752. The molecular weight excluding hydrogens is 302 g/mol. The smallest absolute Gasteiger partial charge is 0.0784 e. The average molecular weight is 317 g/mol. The molecule has 0 fully saturated rings. The minimum atomic E-state index is -0.214. The standard InChI is InChI=1S/C15H15FN.Y/c1-4-17-12(3)6-5-7-15(17)13-9-8-11(2)10-14(13)16;/h5-6,8-10H,3-4H2,1-2H3;/q-1;. The molecule has 0 aromatic heterocycles. The normalized spacial score (nSPS) is 14.3. The summed E-state index contributed by atoms with van der Waals surface area (Å²) in [6, 6.07) is 5.24. The van der Waals surface area contributed by atoms with Crippen molar-refractivity contribution >= 4 is 5.70 Å². The summed E-state index contributed by atoms with van der Waals surface area (Å²) in [5, 5.41) is 0. The van der Waals surface area contributed by atoms with Crippen LogP contribution in [0.3, 0.4) is 0 Å². The predicted molar refractivity (Wildman–Crippen MR) is 68.4 cm³/mol. The molecule has 1 aromatic carbocycles. The Bertz CT molecular complexity index is 517. The van der Waals surface area contributed by atoms with E-state index in [1.54, 1.807) is 18.2 Å². The van der Waals surface area contributed by atoms with Crippen LogP contribution in [0.2, 0.25) is 0 Å². The maximum Gasteiger partial charge on any atom is 0.0784 e. The Hall–Kier alpha value is -0.726. The summed E-state index contributed by atoms with van der Waals surface area (Å²) in [5.41, 5.74) is 3.10. The third-order valence-electron chi connectivity index (χ3n) is 2.81. The molecule has 1 aliphatic heterocycles. The molecule has 0 unspecified atom stereocenters. The number of nitrogens with zero attached hydrogens (tertiary/aromatic N) is 1. The molecular formula is C15H15FNY-. The second kappa shape index (κ2) is 6.44. The molecule has 1 radical (unpaired) electrons. The molecule has 0 saturated carbocycles. The van der Waals surface area contributed by atoms with Crippen LogP contribution in [0.1, 0.15) is 18.1 Å². The van der Waals surface area contributed by atoms with E-state index in [1.165, 1.54) is 0 Å².